The zero-order valence-electron chi connectivity index (χ0n) is 20.3. The van der Waals surface area contributed by atoms with E-state index in [-0.39, 0.29) is 30.5 Å². The Labute approximate surface area is 198 Å². The van der Waals surface area contributed by atoms with Crippen LogP contribution in [0.15, 0.2) is 22.8 Å². The van der Waals surface area contributed by atoms with Gasteiger partial charge in [-0.2, -0.15) is 0 Å². The van der Waals surface area contributed by atoms with Crippen LogP contribution in [-0.2, 0) is 28.6 Å². The lowest BCUT2D eigenvalue weighted by molar-refractivity contribution is -0.232. The molecule has 1 aromatic heterocycles. The number of ether oxygens (including phenoxy) is 3. The molecule has 8 nitrogen and oxygen atoms in total. The summed E-state index contributed by atoms with van der Waals surface area (Å²) in [5.74, 6) is -1.09. The predicted molar refractivity (Wildman–Crippen MR) is 116 cm³/mol. The average molecular weight is 473 g/mol. The van der Waals surface area contributed by atoms with Crippen LogP contribution in [-0.4, -0.2) is 46.2 Å². The largest absolute Gasteiger partial charge is 0.465 e. The first-order valence-corrected chi connectivity index (χ1v) is 12.2. The van der Waals surface area contributed by atoms with Crippen molar-refractivity contribution in [2.75, 3.05) is 0 Å². The van der Waals surface area contributed by atoms with Crippen molar-refractivity contribution in [1.29, 1.82) is 0 Å². The Morgan fingerprint density at radius 2 is 1.74 bits per heavy atom. The van der Waals surface area contributed by atoms with Crippen LogP contribution in [0.2, 0.25) is 0 Å². The summed E-state index contributed by atoms with van der Waals surface area (Å²) < 4.78 is 23.6. The van der Waals surface area contributed by atoms with Crippen LogP contribution in [0.5, 0.6) is 0 Å². The fourth-order valence-electron chi connectivity index (χ4n) is 8.85. The molecule has 1 spiro atoms. The quantitative estimate of drug-likeness (QED) is 0.490. The molecule has 4 heterocycles. The Balaban J connectivity index is 1.53. The van der Waals surface area contributed by atoms with Gasteiger partial charge in [-0.25, -0.2) is 4.79 Å². The Kier molecular flexibility index (Phi) is 4.14. The van der Waals surface area contributed by atoms with Crippen LogP contribution in [0.4, 0.5) is 0 Å². The molecule has 5 fully saturated rings. The molecule has 9 atom stereocenters. The number of cyclic esters (lactones) is 2. The second kappa shape index (κ2) is 6.32. The fourth-order valence-corrected chi connectivity index (χ4v) is 8.85. The average Bonchev–Trinajstić information content (AvgIpc) is 3.33. The van der Waals surface area contributed by atoms with Crippen LogP contribution < -0.4 is 0 Å². The molecule has 0 amide bonds. The first-order chi connectivity index (χ1) is 15.8. The highest BCUT2D eigenvalue weighted by Crippen LogP contribution is 2.78. The number of fused-ring (bicyclic) bond motifs is 3. The molecule has 1 aromatic rings. The van der Waals surface area contributed by atoms with Crippen molar-refractivity contribution in [2.45, 2.75) is 89.8 Å². The number of aliphatic hydroxyl groups excluding tert-OH is 1. The molecule has 8 heteroatoms. The van der Waals surface area contributed by atoms with Crippen molar-refractivity contribution in [3.05, 3.63) is 24.2 Å². The van der Waals surface area contributed by atoms with Gasteiger partial charge in [0.1, 0.15) is 22.7 Å². The molecule has 0 bridgehead atoms. The number of rotatable bonds is 1. The number of hydrogen-bond donors (Lipinski definition) is 1. The second-order valence-electron chi connectivity index (χ2n) is 12.1. The summed E-state index contributed by atoms with van der Waals surface area (Å²) in [5, 5.41) is 11.4. The number of carbonyl (C=O) groups is 3. The van der Waals surface area contributed by atoms with Gasteiger partial charge in [-0.1, -0.05) is 13.8 Å². The van der Waals surface area contributed by atoms with Gasteiger partial charge in [0, 0.05) is 23.2 Å². The predicted octanol–water partition coefficient (Wildman–Crippen LogP) is 3.12. The minimum atomic E-state index is -1.07. The molecular weight excluding hydrogens is 440 g/mol. The van der Waals surface area contributed by atoms with Crippen LogP contribution >= 0.6 is 0 Å². The van der Waals surface area contributed by atoms with Gasteiger partial charge in [0.2, 0.25) is 0 Å². The maximum atomic E-state index is 14.2. The standard InChI is InChI=1S/C26H32O8/c1-22(2)15-11-17(28)25(5)14(24(15,4)16(27)12-18(29)33-22)8-9-23(3)19(13-7-6-10-31-13)32-21(30)20-26(23,25)34-20/h6-7,10,14-16,19-20,27H,8-9,11-12H2,1-5H3. The zero-order chi connectivity index (χ0) is 24.5. The van der Waals surface area contributed by atoms with Gasteiger partial charge in [-0.3, -0.25) is 9.59 Å². The lowest BCUT2D eigenvalue weighted by atomic mass is 9.37. The molecule has 9 unspecified atom stereocenters. The van der Waals surface area contributed by atoms with E-state index in [9.17, 15) is 19.5 Å². The monoisotopic (exact) mass is 472 g/mol. The van der Waals surface area contributed by atoms with Crippen LogP contribution in [0.25, 0.3) is 0 Å². The van der Waals surface area contributed by atoms with Gasteiger partial charge in [0.25, 0.3) is 0 Å². The number of esters is 2. The maximum Gasteiger partial charge on any atom is 0.339 e. The summed E-state index contributed by atoms with van der Waals surface area (Å²) in [6.45, 7) is 9.58. The first-order valence-electron chi connectivity index (χ1n) is 12.2. The smallest absolute Gasteiger partial charge is 0.339 e. The molecule has 3 saturated heterocycles. The molecule has 184 valence electrons. The SMILES string of the molecule is CC1(C)OC(=O)CC(O)C2(C)C1CC(=O)C1(C)C2CCC2(C)C(c3ccco3)OC(=O)C3OC321. The summed E-state index contributed by atoms with van der Waals surface area (Å²) in [6.07, 6.45) is 0.292. The zero-order valence-corrected chi connectivity index (χ0v) is 20.3. The number of epoxide rings is 1. The first kappa shape index (κ1) is 22.3. The van der Waals surface area contributed by atoms with E-state index < -0.39 is 57.7 Å². The molecule has 2 aliphatic carbocycles. The number of furan rings is 1. The Hall–Kier alpha value is -2.19. The lowest BCUT2D eigenvalue weighted by Gasteiger charge is -2.65. The summed E-state index contributed by atoms with van der Waals surface area (Å²) in [5.41, 5.74) is -4.51. The third-order valence-corrected chi connectivity index (χ3v) is 10.5. The number of hydrogen-bond acceptors (Lipinski definition) is 8. The minimum Gasteiger partial charge on any atom is -0.465 e. The van der Waals surface area contributed by atoms with Gasteiger partial charge >= 0.3 is 11.9 Å². The van der Waals surface area contributed by atoms with E-state index in [1.807, 2.05) is 34.6 Å². The molecular formula is C26H32O8. The van der Waals surface area contributed by atoms with Crippen LogP contribution in [0.1, 0.15) is 72.2 Å². The molecule has 0 radical (unpaired) electrons. The van der Waals surface area contributed by atoms with E-state index in [4.69, 9.17) is 18.6 Å². The topological polar surface area (TPSA) is 116 Å². The molecule has 34 heavy (non-hydrogen) atoms. The summed E-state index contributed by atoms with van der Waals surface area (Å²) in [6, 6.07) is 3.54. The lowest BCUT2D eigenvalue weighted by Crippen LogP contribution is -2.72. The molecule has 1 N–H and O–H groups in total. The molecule has 2 saturated carbocycles. The van der Waals surface area contributed by atoms with Crippen molar-refractivity contribution in [2.24, 2.45) is 28.1 Å². The Morgan fingerprint density at radius 1 is 1.00 bits per heavy atom. The summed E-state index contributed by atoms with van der Waals surface area (Å²) >= 11 is 0. The maximum absolute atomic E-state index is 14.2. The van der Waals surface area contributed by atoms with Gasteiger partial charge < -0.3 is 23.7 Å². The van der Waals surface area contributed by atoms with Gasteiger partial charge in [0.05, 0.1) is 24.2 Å². The van der Waals surface area contributed by atoms with E-state index in [0.717, 1.165) is 0 Å². The van der Waals surface area contributed by atoms with Gasteiger partial charge in [-0.15, -0.1) is 0 Å². The highest BCUT2D eigenvalue weighted by Gasteiger charge is 2.88. The number of ketones is 1. The van der Waals surface area contributed by atoms with Crippen molar-refractivity contribution in [1.82, 2.24) is 0 Å². The third kappa shape index (κ3) is 2.25. The molecule has 5 aliphatic rings. The highest BCUT2D eigenvalue weighted by molar-refractivity contribution is 5.93. The number of Topliss-reactive ketones (excluding diaryl/α,β-unsaturated/α-hetero) is 1. The van der Waals surface area contributed by atoms with E-state index in [2.05, 4.69) is 0 Å². The normalized spacial score (nSPS) is 51.1. The van der Waals surface area contributed by atoms with Crippen molar-refractivity contribution >= 4 is 17.7 Å². The minimum absolute atomic E-state index is 0.0143. The number of carbonyl (C=O) groups excluding carboxylic acids is 3. The van der Waals surface area contributed by atoms with E-state index >= 15 is 0 Å². The van der Waals surface area contributed by atoms with E-state index in [1.54, 1.807) is 18.4 Å². The summed E-state index contributed by atoms with van der Waals surface area (Å²) in [7, 11) is 0. The van der Waals surface area contributed by atoms with Gasteiger partial charge in [-0.05, 0) is 51.7 Å². The van der Waals surface area contributed by atoms with Crippen molar-refractivity contribution in [3.8, 4) is 0 Å². The third-order valence-electron chi connectivity index (χ3n) is 10.5. The molecule has 0 aromatic carbocycles. The Bertz CT molecular complexity index is 1090. The molecule has 3 aliphatic heterocycles. The van der Waals surface area contributed by atoms with Crippen molar-refractivity contribution in [3.63, 3.8) is 0 Å². The van der Waals surface area contributed by atoms with Crippen LogP contribution in [0.3, 0.4) is 0 Å². The molecule has 6 rings (SSSR count). The van der Waals surface area contributed by atoms with Crippen molar-refractivity contribution < 1.29 is 38.1 Å². The van der Waals surface area contributed by atoms with Gasteiger partial charge in [0.15, 0.2) is 12.2 Å². The van der Waals surface area contributed by atoms with Crippen LogP contribution in [0, 0.1) is 28.1 Å². The second-order valence-corrected chi connectivity index (χ2v) is 12.1. The fraction of sp³-hybridized carbons (Fsp3) is 0.731. The highest BCUT2D eigenvalue weighted by atomic mass is 16.7. The van der Waals surface area contributed by atoms with E-state index in [0.29, 0.717) is 18.6 Å². The Morgan fingerprint density at radius 3 is 2.41 bits per heavy atom. The number of aliphatic hydroxyl groups is 1. The van der Waals surface area contributed by atoms with E-state index in [1.165, 1.54) is 0 Å². The summed E-state index contributed by atoms with van der Waals surface area (Å²) in [4.78, 5) is 39.8.